The van der Waals surface area contributed by atoms with Crippen molar-refractivity contribution in [3.63, 3.8) is 0 Å². The van der Waals surface area contributed by atoms with Gasteiger partial charge in [0.1, 0.15) is 11.8 Å². The topological polar surface area (TPSA) is 45.9 Å². The molecule has 0 radical (unpaired) electrons. The van der Waals surface area contributed by atoms with Crippen molar-refractivity contribution >= 4 is 11.8 Å². The summed E-state index contributed by atoms with van der Waals surface area (Å²) in [5.74, 6) is 0. The Morgan fingerprint density at radius 1 is 1.40 bits per heavy atom. The van der Waals surface area contributed by atoms with Crippen molar-refractivity contribution in [2.24, 2.45) is 0 Å². The quantitative estimate of drug-likeness (QED) is 0.766. The number of pyridine rings is 1. The van der Waals surface area contributed by atoms with Crippen LogP contribution in [0.1, 0.15) is 18.5 Å². The molecular formula is C11H12N2OS. The van der Waals surface area contributed by atoms with E-state index < -0.39 is 0 Å². The minimum atomic E-state index is 0.493. The average molecular weight is 220 g/mol. The van der Waals surface area contributed by atoms with Crippen LogP contribution in [0.4, 0.5) is 0 Å². The van der Waals surface area contributed by atoms with Gasteiger partial charge >= 0.3 is 0 Å². The molecule has 4 heteroatoms. The van der Waals surface area contributed by atoms with E-state index in [-0.39, 0.29) is 0 Å². The van der Waals surface area contributed by atoms with Crippen molar-refractivity contribution < 1.29 is 4.74 Å². The molecule has 0 bridgehead atoms. The zero-order valence-corrected chi connectivity index (χ0v) is 9.17. The molecule has 0 atom stereocenters. The molecule has 3 nitrogen and oxygen atoms in total. The normalized spacial score (nSPS) is 17.3. The van der Waals surface area contributed by atoms with Crippen LogP contribution < -0.4 is 0 Å². The van der Waals surface area contributed by atoms with E-state index in [0.29, 0.717) is 10.9 Å². The van der Waals surface area contributed by atoms with Gasteiger partial charge in [0.2, 0.25) is 0 Å². The second-order valence-corrected chi connectivity index (χ2v) is 4.72. The largest absolute Gasteiger partial charge is 0.381 e. The Balaban J connectivity index is 2.00. The third-order valence-corrected chi connectivity index (χ3v) is 3.57. The standard InChI is InChI=1S/C11H12N2OS/c12-8-9-2-1-3-11(13-9)15-10-4-6-14-7-5-10/h1-3,10H,4-7H2. The Morgan fingerprint density at radius 2 is 2.20 bits per heavy atom. The Morgan fingerprint density at radius 3 is 2.93 bits per heavy atom. The maximum atomic E-state index is 8.73. The summed E-state index contributed by atoms with van der Waals surface area (Å²) in [5, 5.41) is 10.3. The van der Waals surface area contributed by atoms with E-state index in [2.05, 4.69) is 11.1 Å². The molecule has 0 N–H and O–H groups in total. The fraction of sp³-hybridized carbons (Fsp3) is 0.455. The van der Waals surface area contributed by atoms with Gasteiger partial charge < -0.3 is 4.74 Å². The average Bonchev–Trinajstić information content (AvgIpc) is 2.31. The van der Waals surface area contributed by atoms with Gasteiger partial charge in [-0.05, 0) is 25.0 Å². The first-order valence-electron chi connectivity index (χ1n) is 5.00. The van der Waals surface area contributed by atoms with Crippen LogP contribution in [-0.2, 0) is 4.74 Å². The van der Waals surface area contributed by atoms with Gasteiger partial charge in [-0.2, -0.15) is 5.26 Å². The monoisotopic (exact) mass is 220 g/mol. The van der Waals surface area contributed by atoms with Crippen LogP contribution in [0.5, 0.6) is 0 Å². The van der Waals surface area contributed by atoms with Crippen LogP contribution >= 0.6 is 11.8 Å². The Hall–Kier alpha value is -1.05. The van der Waals surface area contributed by atoms with Crippen molar-refractivity contribution in [3.8, 4) is 6.07 Å². The fourth-order valence-corrected chi connectivity index (χ4v) is 2.59. The predicted molar refractivity (Wildman–Crippen MR) is 58.7 cm³/mol. The lowest BCUT2D eigenvalue weighted by atomic mass is 10.2. The first kappa shape index (κ1) is 10.5. The number of hydrogen-bond acceptors (Lipinski definition) is 4. The lowest BCUT2D eigenvalue weighted by molar-refractivity contribution is 0.1000. The number of ether oxygens (including phenoxy) is 1. The van der Waals surface area contributed by atoms with Crippen molar-refractivity contribution in [1.29, 1.82) is 5.26 Å². The van der Waals surface area contributed by atoms with Gasteiger partial charge in [0.05, 0.1) is 5.03 Å². The number of thioether (sulfide) groups is 1. The molecule has 1 fully saturated rings. The Kier molecular flexibility index (Phi) is 3.59. The number of hydrogen-bond donors (Lipinski definition) is 0. The third-order valence-electron chi connectivity index (χ3n) is 2.29. The first-order chi connectivity index (χ1) is 7.38. The van der Waals surface area contributed by atoms with Crippen LogP contribution in [0.25, 0.3) is 0 Å². The number of nitriles is 1. The summed E-state index contributed by atoms with van der Waals surface area (Å²) in [4.78, 5) is 4.25. The zero-order chi connectivity index (χ0) is 10.5. The molecule has 2 rings (SSSR count). The van der Waals surface area contributed by atoms with Crippen LogP contribution in [0, 0.1) is 11.3 Å². The summed E-state index contributed by atoms with van der Waals surface area (Å²) >= 11 is 1.75. The molecule has 0 amide bonds. The molecule has 78 valence electrons. The maximum absolute atomic E-state index is 8.73. The van der Waals surface area contributed by atoms with Crippen LogP contribution in [0.3, 0.4) is 0 Å². The molecular weight excluding hydrogens is 208 g/mol. The van der Waals surface area contributed by atoms with Crippen LogP contribution in [-0.4, -0.2) is 23.4 Å². The van der Waals surface area contributed by atoms with E-state index in [1.807, 2.05) is 12.1 Å². The van der Waals surface area contributed by atoms with Crippen LogP contribution in [0.2, 0.25) is 0 Å². The molecule has 1 aromatic rings. The highest BCUT2D eigenvalue weighted by Gasteiger charge is 2.15. The summed E-state index contributed by atoms with van der Waals surface area (Å²) in [5.41, 5.74) is 0.493. The van der Waals surface area contributed by atoms with Gasteiger partial charge in [0, 0.05) is 18.5 Å². The maximum Gasteiger partial charge on any atom is 0.141 e. The summed E-state index contributed by atoms with van der Waals surface area (Å²) in [6, 6.07) is 7.63. The smallest absolute Gasteiger partial charge is 0.141 e. The minimum Gasteiger partial charge on any atom is -0.381 e. The fourth-order valence-electron chi connectivity index (χ4n) is 1.51. The van der Waals surface area contributed by atoms with E-state index in [0.717, 1.165) is 31.1 Å². The van der Waals surface area contributed by atoms with Gasteiger partial charge in [-0.15, -0.1) is 11.8 Å². The Bertz CT molecular complexity index is 369. The molecule has 1 aromatic heterocycles. The first-order valence-corrected chi connectivity index (χ1v) is 5.88. The van der Waals surface area contributed by atoms with Gasteiger partial charge in [-0.3, -0.25) is 0 Å². The summed E-state index contributed by atoms with van der Waals surface area (Å²) in [6.07, 6.45) is 2.15. The molecule has 0 saturated carbocycles. The molecule has 1 saturated heterocycles. The Labute approximate surface area is 93.5 Å². The molecule has 1 aliphatic rings. The van der Waals surface area contributed by atoms with E-state index in [1.165, 1.54) is 0 Å². The van der Waals surface area contributed by atoms with Gasteiger partial charge in [-0.1, -0.05) is 6.07 Å². The number of nitrogens with zero attached hydrogens (tertiary/aromatic N) is 2. The zero-order valence-electron chi connectivity index (χ0n) is 8.35. The molecule has 0 unspecified atom stereocenters. The summed E-state index contributed by atoms with van der Waals surface area (Å²) in [7, 11) is 0. The highest BCUT2D eigenvalue weighted by Crippen LogP contribution is 2.28. The van der Waals surface area contributed by atoms with Gasteiger partial charge in [0.25, 0.3) is 0 Å². The highest BCUT2D eigenvalue weighted by molar-refractivity contribution is 7.99. The van der Waals surface area contributed by atoms with Crippen molar-refractivity contribution in [2.45, 2.75) is 23.1 Å². The van der Waals surface area contributed by atoms with E-state index in [9.17, 15) is 0 Å². The van der Waals surface area contributed by atoms with Crippen molar-refractivity contribution in [2.75, 3.05) is 13.2 Å². The van der Waals surface area contributed by atoms with E-state index in [1.54, 1.807) is 17.8 Å². The van der Waals surface area contributed by atoms with E-state index in [4.69, 9.17) is 10.00 Å². The summed E-state index contributed by atoms with van der Waals surface area (Å²) in [6.45, 7) is 1.69. The van der Waals surface area contributed by atoms with Crippen LogP contribution in [0.15, 0.2) is 23.2 Å². The molecule has 0 aromatic carbocycles. The molecule has 0 spiro atoms. The number of rotatable bonds is 2. The number of aromatic nitrogens is 1. The summed E-state index contributed by atoms with van der Waals surface area (Å²) < 4.78 is 5.30. The van der Waals surface area contributed by atoms with Gasteiger partial charge in [-0.25, -0.2) is 4.98 Å². The van der Waals surface area contributed by atoms with E-state index >= 15 is 0 Å². The minimum absolute atomic E-state index is 0.493. The third kappa shape index (κ3) is 2.95. The molecule has 0 aliphatic carbocycles. The second kappa shape index (κ2) is 5.15. The second-order valence-electron chi connectivity index (χ2n) is 3.40. The van der Waals surface area contributed by atoms with Gasteiger partial charge in [0.15, 0.2) is 0 Å². The molecule has 1 aliphatic heterocycles. The lowest BCUT2D eigenvalue weighted by Gasteiger charge is -2.20. The van der Waals surface area contributed by atoms with Crippen molar-refractivity contribution in [3.05, 3.63) is 23.9 Å². The predicted octanol–water partition coefficient (Wildman–Crippen LogP) is 2.22. The van der Waals surface area contributed by atoms with Crippen molar-refractivity contribution in [1.82, 2.24) is 4.98 Å². The highest BCUT2D eigenvalue weighted by atomic mass is 32.2. The molecule has 15 heavy (non-hydrogen) atoms. The lowest BCUT2D eigenvalue weighted by Crippen LogP contribution is -2.17. The molecule has 2 heterocycles. The SMILES string of the molecule is N#Cc1cccc(SC2CCOCC2)n1.